The van der Waals surface area contributed by atoms with Crippen molar-refractivity contribution < 1.29 is 4.74 Å². The van der Waals surface area contributed by atoms with E-state index in [1.165, 1.54) is 38.6 Å². The Balaban J connectivity index is 2.26. The summed E-state index contributed by atoms with van der Waals surface area (Å²) in [6.45, 7) is 4.42. The van der Waals surface area contributed by atoms with E-state index in [-0.39, 0.29) is 0 Å². The Labute approximate surface area is 82.0 Å². The first-order valence-corrected chi connectivity index (χ1v) is 5.60. The number of rotatable bonds is 5. The van der Waals surface area contributed by atoms with E-state index in [9.17, 15) is 0 Å². The third kappa shape index (κ3) is 3.65. The molecule has 2 atom stereocenters. The maximum absolute atomic E-state index is 5.14. The average molecular weight is 185 g/mol. The van der Waals surface area contributed by atoms with Crippen LogP contribution in [0.15, 0.2) is 0 Å². The molecule has 1 aliphatic rings. The predicted octanol–water partition coefficient (Wildman–Crippen LogP) is 2.19. The summed E-state index contributed by atoms with van der Waals surface area (Å²) < 4.78 is 5.14. The van der Waals surface area contributed by atoms with Crippen LogP contribution in [0.2, 0.25) is 0 Å². The molecule has 0 spiro atoms. The lowest BCUT2D eigenvalue weighted by atomic mass is 9.88. The maximum Gasteiger partial charge on any atom is 0.0465 e. The molecule has 1 rings (SSSR count). The minimum absolute atomic E-state index is 0.758. The second-order valence-corrected chi connectivity index (χ2v) is 4.01. The van der Waals surface area contributed by atoms with Gasteiger partial charge in [0.1, 0.15) is 0 Å². The van der Waals surface area contributed by atoms with Gasteiger partial charge in [-0.2, -0.15) is 0 Å². The number of methoxy groups -OCH3 is 1. The van der Waals surface area contributed by atoms with Gasteiger partial charge in [-0.25, -0.2) is 0 Å². The van der Waals surface area contributed by atoms with Crippen LogP contribution in [0.25, 0.3) is 0 Å². The summed E-state index contributed by atoms with van der Waals surface area (Å²) in [5, 5.41) is 3.62. The largest absolute Gasteiger partial charge is 0.385 e. The van der Waals surface area contributed by atoms with E-state index in [1.807, 2.05) is 0 Å². The van der Waals surface area contributed by atoms with E-state index in [2.05, 4.69) is 12.2 Å². The maximum atomic E-state index is 5.14. The Morgan fingerprint density at radius 2 is 2.31 bits per heavy atom. The molecule has 1 saturated heterocycles. The molecule has 0 aromatic heterocycles. The van der Waals surface area contributed by atoms with Crippen molar-refractivity contribution in [2.24, 2.45) is 5.92 Å². The summed E-state index contributed by atoms with van der Waals surface area (Å²) in [6.07, 6.45) is 6.62. The zero-order chi connectivity index (χ0) is 9.52. The molecule has 0 amide bonds. The molecule has 1 N–H and O–H groups in total. The first kappa shape index (κ1) is 11.0. The fraction of sp³-hybridized carbons (Fsp3) is 1.00. The summed E-state index contributed by atoms with van der Waals surface area (Å²) in [4.78, 5) is 0. The number of nitrogens with one attached hydrogen (secondary N) is 1. The summed E-state index contributed by atoms with van der Waals surface area (Å²) >= 11 is 0. The van der Waals surface area contributed by atoms with Crippen molar-refractivity contribution in [1.29, 1.82) is 0 Å². The van der Waals surface area contributed by atoms with Crippen LogP contribution in [0.4, 0.5) is 0 Å². The van der Waals surface area contributed by atoms with Gasteiger partial charge in [-0.05, 0) is 31.7 Å². The van der Waals surface area contributed by atoms with Crippen molar-refractivity contribution in [1.82, 2.24) is 5.32 Å². The van der Waals surface area contributed by atoms with E-state index in [4.69, 9.17) is 4.74 Å². The van der Waals surface area contributed by atoms with E-state index >= 15 is 0 Å². The van der Waals surface area contributed by atoms with Crippen molar-refractivity contribution in [2.75, 3.05) is 20.3 Å². The molecule has 0 aliphatic carbocycles. The molecule has 1 fully saturated rings. The fourth-order valence-corrected chi connectivity index (χ4v) is 2.24. The third-order valence-corrected chi connectivity index (χ3v) is 3.13. The van der Waals surface area contributed by atoms with Crippen LogP contribution in [-0.4, -0.2) is 26.3 Å². The molecule has 2 nitrogen and oxygen atoms in total. The Morgan fingerprint density at radius 1 is 1.46 bits per heavy atom. The van der Waals surface area contributed by atoms with Gasteiger partial charge in [-0.3, -0.25) is 0 Å². The highest BCUT2D eigenvalue weighted by Crippen LogP contribution is 2.20. The Kier molecular flexibility index (Phi) is 5.40. The standard InChI is InChI=1S/C11H23NO/c1-3-10(7-9-13-2)11-6-4-5-8-12-11/h10-12H,3-9H2,1-2H3. The highest BCUT2D eigenvalue weighted by molar-refractivity contribution is 4.78. The second kappa shape index (κ2) is 6.39. The lowest BCUT2D eigenvalue weighted by molar-refractivity contribution is 0.157. The highest BCUT2D eigenvalue weighted by Gasteiger charge is 2.20. The van der Waals surface area contributed by atoms with E-state index in [0.717, 1.165) is 18.6 Å². The topological polar surface area (TPSA) is 21.3 Å². The molecule has 0 aromatic rings. The molecule has 13 heavy (non-hydrogen) atoms. The van der Waals surface area contributed by atoms with Crippen LogP contribution in [0.5, 0.6) is 0 Å². The highest BCUT2D eigenvalue weighted by atomic mass is 16.5. The number of hydrogen-bond acceptors (Lipinski definition) is 2. The summed E-state index contributed by atoms with van der Waals surface area (Å²) in [5.41, 5.74) is 0. The predicted molar refractivity (Wildman–Crippen MR) is 55.9 cm³/mol. The van der Waals surface area contributed by atoms with Crippen LogP contribution in [0, 0.1) is 5.92 Å². The molecule has 0 saturated carbocycles. The lowest BCUT2D eigenvalue weighted by Gasteiger charge is -2.30. The Morgan fingerprint density at radius 3 is 2.85 bits per heavy atom. The van der Waals surface area contributed by atoms with Crippen LogP contribution in [0.1, 0.15) is 39.0 Å². The molecule has 0 bridgehead atoms. The fourth-order valence-electron chi connectivity index (χ4n) is 2.24. The van der Waals surface area contributed by atoms with Gasteiger partial charge < -0.3 is 10.1 Å². The minimum atomic E-state index is 0.758. The monoisotopic (exact) mass is 185 g/mol. The smallest absolute Gasteiger partial charge is 0.0465 e. The first-order chi connectivity index (χ1) is 6.38. The average Bonchev–Trinajstić information content (AvgIpc) is 2.21. The van der Waals surface area contributed by atoms with E-state index in [1.54, 1.807) is 7.11 Å². The van der Waals surface area contributed by atoms with E-state index < -0.39 is 0 Å². The molecule has 2 unspecified atom stereocenters. The van der Waals surface area contributed by atoms with Crippen molar-refractivity contribution in [3.63, 3.8) is 0 Å². The quantitative estimate of drug-likeness (QED) is 0.709. The molecule has 2 heteroatoms. The number of ether oxygens (including phenoxy) is 1. The third-order valence-electron chi connectivity index (χ3n) is 3.13. The SMILES string of the molecule is CCC(CCOC)C1CCCCN1. The van der Waals surface area contributed by atoms with Gasteiger partial charge >= 0.3 is 0 Å². The summed E-state index contributed by atoms with van der Waals surface area (Å²) in [6, 6.07) is 0.758. The van der Waals surface area contributed by atoms with Crippen molar-refractivity contribution in [2.45, 2.75) is 45.1 Å². The van der Waals surface area contributed by atoms with Crippen molar-refractivity contribution >= 4 is 0 Å². The lowest BCUT2D eigenvalue weighted by Crippen LogP contribution is -2.40. The Hall–Kier alpha value is -0.0800. The molecular weight excluding hydrogens is 162 g/mol. The van der Waals surface area contributed by atoms with Crippen molar-refractivity contribution in [3.05, 3.63) is 0 Å². The zero-order valence-electron chi connectivity index (χ0n) is 9.01. The Bertz CT molecular complexity index is 121. The summed E-state index contributed by atoms with van der Waals surface area (Å²) in [7, 11) is 1.79. The minimum Gasteiger partial charge on any atom is -0.385 e. The molecule has 0 aromatic carbocycles. The van der Waals surface area contributed by atoms with Gasteiger partial charge in [0.05, 0.1) is 0 Å². The van der Waals surface area contributed by atoms with Gasteiger partial charge in [-0.15, -0.1) is 0 Å². The molecule has 1 aliphatic heterocycles. The normalized spacial score (nSPS) is 25.8. The second-order valence-electron chi connectivity index (χ2n) is 4.01. The van der Waals surface area contributed by atoms with Crippen LogP contribution < -0.4 is 5.32 Å². The van der Waals surface area contributed by atoms with Crippen LogP contribution in [0.3, 0.4) is 0 Å². The number of piperidine rings is 1. The van der Waals surface area contributed by atoms with Crippen LogP contribution in [-0.2, 0) is 4.74 Å². The van der Waals surface area contributed by atoms with Gasteiger partial charge in [0, 0.05) is 19.8 Å². The van der Waals surface area contributed by atoms with Gasteiger partial charge in [-0.1, -0.05) is 19.8 Å². The van der Waals surface area contributed by atoms with Gasteiger partial charge in [0.25, 0.3) is 0 Å². The molecule has 1 heterocycles. The van der Waals surface area contributed by atoms with Crippen LogP contribution >= 0.6 is 0 Å². The van der Waals surface area contributed by atoms with Gasteiger partial charge in [0.2, 0.25) is 0 Å². The molecule has 0 radical (unpaired) electrons. The molecular formula is C11H23NO. The van der Waals surface area contributed by atoms with E-state index in [0.29, 0.717) is 0 Å². The summed E-state index contributed by atoms with van der Waals surface area (Å²) in [5.74, 6) is 0.820. The molecule has 78 valence electrons. The first-order valence-electron chi connectivity index (χ1n) is 5.60. The van der Waals surface area contributed by atoms with Crippen molar-refractivity contribution in [3.8, 4) is 0 Å². The zero-order valence-corrected chi connectivity index (χ0v) is 9.01. The van der Waals surface area contributed by atoms with Gasteiger partial charge in [0.15, 0.2) is 0 Å². The number of hydrogen-bond donors (Lipinski definition) is 1.